The van der Waals surface area contributed by atoms with Gasteiger partial charge in [-0.05, 0) is 37.1 Å². The van der Waals surface area contributed by atoms with Crippen molar-refractivity contribution in [2.75, 3.05) is 7.11 Å². The first-order chi connectivity index (χ1) is 9.77. The Kier molecular flexibility index (Phi) is 4.51. The van der Waals surface area contributed by atoms with Crippen LogP contribution in [-0.2, 0) is 0 Å². The highest BCUT2D eigenvalue weighted by Gasteiger charge is 2.76. The molecular weight excluding hydrogens is 321 g/mol. The fourth-order valence-corrected chi connectivity index (χ4v) is 1.74. The SMILES string of the molecule is COc1cc(C)c(C(=O)C(F)(F)C(F)(F)C(F)(F)F)cc1C. The number of ether oxygens (including phenoxy) is 1. The fraction of sp³-hybridized carbons (Fsp3) is 0.462. The Balaban J connectivity index is 3.40. The van der Waals surface area contributed by atoms with Crippen LogP contribution in [0.3, 0.4) is 0 Å². The van der Waals surface area contributed by atoms with Crippen molar-refractivity contribution in [1.82, 2.24) is 0 Å². The first-order valence-corrected chi connectivity index (χ1v) is 5.79. The van der Waals surface area contributed by atoms with Crippen molar-refractivity contribution < 1.29 is 40.3 Å². The van der Waals surface area contributed by atoms with Gasteiger partial charge in [0.15, 0.2) is 0 Å². The number of aryl methyl sites for hydroxylation is 2. The fourth-order valence-electron chi connectivity index (χ4n) is 1.74. The second kappa shape index (κ2) is 5.44. The second-order valence-electron chi connectivity index (χ2n) is 4.61. The van der Waals surface area contributed by atoms with Gasteiger partial charge in [0.05, 0.1) is 7.11 Å². The highest BCUT2D eigenvalue weighted by molar-refractivity contribution is 6.03. The molecule has 0 fully saturated rings. The summed E-state index contributed by atoms with van der Waals surface area (Å²) >= 11 is 0. The number of halogens is 7. The number of carbonyl (C=O) groups excluding carboxylic acids is 1. The molecule has 22 heavy (non-hydrogen) atoms. The third kappa shape index (κ3) is 2.76. The molecule has 0 N–H and O–H groups in total. The van der Waals surface area contributed by atoms with Crippen LogP contribution in [0.1, 0.15) is 21.5 Å². The van der Waals surface area contributed by atoms with Crippen LogP contribution < -0.4 is 4.74 Å². The first-order valence-electron chi connectivity index (χ1n) is 5.79. The molecule has 0 atom stereocenters. The zero-order chi connectivity index (χ0) is 17.5. The monoisotopic (exact) mass is 332 g/mol. The van der Waals surface area contributed by atoms with Crippen molar-refractivity contribution in [2.24, 2.45) is 0 Å². The van der Waals surface area contributed by atoms with Gasteiger partial charge in [0, 0.05) is 5.56 Å². The van der Waals surface area contributed by atoms with E-state index in [0.29, 0.717) is 0 Å². The average Bonchev–Trinajstić information content (AvgIpc) is 2.38. The topological polar surface area (TPSA) is 26.3 Å². The lowest BCUT2D eigenvalue weighted by atomic mass is 9.94. The van der Waals surface area contributed by atoms with Gasteiger partial charge in [-0.1, -0.05) is 0 Å². The standard InChI is InChI=1S/C13H11F7O2/c1-6-5-9(22-3)7(2)4-8(6)10(21)11(14,15)12(16,17)13(18,19)20/h4-5H,1-3H3. The Morgan fingerprint density at radius 3 is 1.86 bits per heavy atom. The Bertz CT molecular complexity index is 591. The molecule has 0 aromatic heterocycles. The third-order valence-electron chi connectivity index (χ3n) is 3.02. The molecule has 0 saturated heterocycles. The number of Topliss-reactive ketones (excluding diaryl/α,β-unsaturated/α-hetero) is 1. The number of ketones is 1. The van der Waals surface area contributed by atoms with Crippen LogP contribution in [0, 0.1) is 13.8 Å². The van der Waals surface area contributed by atoms with Gasteiger partial charge in [0.25, 0.3) is 0 Å². The van der Waals surface area contributed by atoms with Crippen LogP contribution in [-0.4, -0.2) is 30.9 Å². The van der Waals surface area contributed by atoms with Crippen LogP contribution in [0.25, 0.3) is 0 Å². The van der Waals surface area contributed by atoms with Crippen molar-refractivity contribution >= 4 is 5.78 Å². The summed E-state index contributed by atoms with van der Waals surface area (Å²) in [5.74, 6) is -14.8. The van der Waals surface area contributed by atoms with Crippen molar-refractivity contribution in [2.45, 2.75) is 31.9 Å². The van der Waals surface area contributed by atoms with E-state index in [1.165, 1.54) is 14.0 Å². The summed E-state index contributed by atoms with van der Waals surface area (Å²) in [5, 5.41) is 0. The van der Waals surface area contributed by atoms with Crippen LogP contribution in [0.5, 0.6) is 5.75 Å². The number of alkyl halides is 7. The maximum atomic E-state index is 13.4. The number of rotatable bonds is 4. The molecule has 1 aromatic rings. The summed E-state index contributed by atoms with van der Waals surface area (Å²) in [5.41, 5.74) is -0.986. The minimum Gasteiger partial charge on any atom is -0.496 e. The highest BCUT2D eigenvalue weighted by atomic mass is 19.4. The molecule has 9 heteroatoms. The largest absolute Gasteiger partial charge is 0.496 e. The van der Waals surface area contributed by atoms with Crippen LogP contribution in [0.4, 0.5) is 30.7 Å². The third-order valence-corrected chi connectivity index (χ3v) is 3.02. The van der Waals surface area contributed by atoms with E-state index >= 15 is 0 Å². The lowest BCUT2D eigenvalue weighted by Crippen LogP contribution is -2.56. The smallest absolute Gasteiger partial charge is 0.460 e. The van der Waals surface area contributed by atoms with Crippen molar-refractivity contribution in [3.05, 3.63) is 28.8 Å². The number of benzene rings is 1. The normalized spacial score (nSPS) is 13.2. The van der Waals surface area contributed by atoms with E-state index in [1.54, 1.807) is 0 Å². The first kappa shape index (κ1) is 18.2. The molecule has 0 amide bonds. The minimum absolute atomic E-state index is 0.141. The van der Waals surface area contributed by atoms with Crippen molar-refractivity contribution in [1.29, 1.82) is 0 Å². The van der Waals surface area contributed by atoms with E-state index in [4.69, 9.17) is 4.74 Å². The van der Waals surface area contributed by atoms with Gasteiger partial charge < -0.3 is 4.74 Å². The van der Waals surface area contributed by atoms with Gasteiger partial charge in [0.2, 0.25) is 5.78 Å². The molecule has 0 aliphatic rings. The molecule has 124 valence electrons. The summed E-state index contributed by atoms with van der Waals surface area (Å²) in [6.45, 7) is 2.45. The molecule has 0 heterocycles. The summed E-state index contributed by atoms with van der Waals surface area (Å²) in [7, 11) is 1.25. The Hall–Kier alpha value is -1.80. The number of methoxy groups -OCH3 is 1. The van der Waals surface area contributed by atoms with Crippen LogP contribution in [0.2, 0.25) is 0 Å². The Morgan fingerprint density at radius 2 is 1.45 bits per heavy atom. The van der Waals surface area contributed by atoms with Crippen LogP contribution in [0.15, 0.2) is 12.1 Å². The molecule has 1 aromatic carbocycles. The van der Waals surface area contributed by atoms with Gasteiger partial charge >= 0.3 is 18.0 Å². The molecule has 0 aliphatic carbocycles. The van der Waals surface area contributed by atoms with E-state index in [0.717, 1.165) is 19.1 Å². The number of hydrogen-bond acceptors (Lipinski definition) is 2. The van der Waals surface area contributed by atoms with Gasteiger partial charge in [0.1, 0.15) is 5.75 Å². The minimum atomic E-state index is -6.55. The van der Waals surface area contributed by atoms with Crippen molar-refractivity contribution in [3.63, 3.8) is 0 Å². The van der Waals surface area contributed by atoms with Gasteiger partial charge in [-0.25, -0.2) is 0 Å². The molecule has 0 spiro atoms. The lowest BCUT2D eigenvalue weighted by molar-refractivity contribution is -0.339. The lowest BCUT2D eigenvalue weighted by Gasteiger charge is -2.27. The van der Waals surface area contributed by atoms with Gasteiger partial charge in [-0.3, -0.25) is 4.79 Å². The maximum absolute atomic E-state index is 13.4. The van der Waals surface area contributed by atoms with Crippen LogP contribution >= 0.6 is 0 Å². The number of carbonyl (C=O) groups is 1. The quantitative estimate of drug-likeness (QED) is 0.606. The summed E-state index contributed by atoms with van der Waals surface area (Å²) in [6.07, 6.45) is -6.55. The zero-order valence-corrected chi connectivity index (χ0v) is 11.6. The summed E-state index contributed by atoms with van der Waals surface area (Å²) in [4.78, 5) is 11.6. The Labute approximate surface area is 120 Å². The molecule has 0 bridgehead atoms. The molecule has 2 nitrogen and oxygen atoms in total. The molecule has 1 rings (SSSR count). The maximum Gasteiger partial charge on any atom is 0.460 e. The molecule has 0 saturated carbocycles. The highest BCUT2D eigenvalue weighted by Crippen LogP contribution is 2.48. The molecular formula is C13H11F7O2. The van der Waals surface area contributed by atoms with E-state index in [9.17, 15) is 35.5 Å². The predicted molar refractivity (Wildman–Crippen MR) is 62.7 cm³/mol. The van der Waals surface area contributed by atoms with Crippen molar-refractivity contribution in [3.8, 4) is 5.75 Å². The second-order valence-corrected chi connectivity index (χ2v) is 4.61. The molecule has 0 radical (unpaired) electrons. The number of hydrogen-bond donors (Lipinski definition) is 0. The van der Waals surface area contributed by atoms with E-state index in [-0.39, 0.29) is 16.9 Å². The molecule has 0 aliphatic heterocycles. The van der Waals surface area contributed by atoms with Gasteiger partial charge in [-0.2, -0.15) is 30.7 Å². The zero-order valence-electron chi connectivity index (χ0n) is 11.6. The van der Waals surface area contributed by atoms with E-state index < -0.39 is 29.4 Å². The molecule has 0 unspecified atom stereocenters. The van der Waals surface area contributed by atoms with E-state index in [2.05, 4.69) is 0 Å². The van der Waals surface area contributed by atoms with E-state index in [1.807, 2.05) is 0 Å². The predicted octanol–water partition coefficient (Wildman–Crippen LogP) is 4.33. The average molecular weight is 332 g/mol. The Morgan fingerprint density at radius 1 is 0.955 bits per heavy atom. The summed E-state index contributed by atoms with van der Waals surface area (Å²) < 4.78 is 93.8. The summed E-state index contributed by atoms with van der Waals surface area (Å²) in [6, 6.07) is 1.89. The van der Waals surface area contributed by atoms with Gasteiger partial charge in [-0.15, -0.1) is 0 Å².